The highest BCUT2D eigenvalue weighted by Gasteiger charge is 2.53. The quantitative estimate of drug-likeness (QED) is 0.729. The summed E-state index contributed by atoms with van der Waals surface area (Å²) in [4.78, 5) is 11.5. The Morgan fingerprint density at radius 2 is 1.93 bits per heavy atom. The van der Waals surface area contributed by atoms with E-state index in [1.54, 1.807) is 0 Å². The molecule has 0 heterocycles. The van der Waals surface area contributed by atoms with Crippen LogP contribution in [0.1, 0.15) is 44.9 Å². The number of carbonyl (C=O) groups excluding carboxylic acids is 1. The van der Waals surface area contributed by atoms with Gasteiger partial charge in [-0.05, 0) is 56.3 Å². The Morgan fingerprint density at radius 3 is 2.40 bits per heavy atom. The zero-order valence-corrected chi connectivity index (χ0v) is 9.22. The molecule has 84 valence electrons. The predicted molar refractivity (Wildman–Crippen MR) is 58.6 cm³/mol. The topological polar surface area (TPSA) is 41.1 Å². The van der Waals surface area contributed by atoms with Crippen molar-refractivity contribution in [3.8, 4) is 0 Å². The second-order valence-corrected chi connectivity index (χ2v) is 5.59. The van der Waals surface area contributed by atoms with E-state index in [4.69, 9.17) is 0 Å². The van der Waals surface area contributed by atoms with E-state index in [0.717, 1.165) is 12.5 Å². The van der Waals surface area contributed by atoms with E-state index >= 15 is 0 Å². The molecule has 2 N–H and O–H groups in total. The lowest BCUT2D eigenvalue weighted by Crippen LogP contribution is -2.46. The minimum absolute atomic E-state index is 0.0617. The van der Waals surface area contributed by atoms with Crippen molar-refractivity contribution in [2.24, 2.45) is 11.3 Å². The maximum atomic E-state index is 11.5. The molecule has 3 heteroatoms. The number of nitrogens with one attached hydrogen (secondary N) is 2. The lowest BCUT2D eigenvalue weighted by molar-refractivity contribution is 0.224. The van der Waals surface area contributed by atoms with Gasteiger partial charge < -0.3 is 10.6 Å². The molecule has 0 radical (unpaired) electrons. The Hall–Kier alpha value is -0.730. The van der Waals surface area contributed by atoms with Crippen molar-refractivity contribution >= 4 is 6.03 Å². The highest BCUT2D eigenvalue weighted by Crippen LogP contribution is 2.60. The van der Waals surface area contributed by atoms with Crippen molar-refractivity contribution in [1.82, 2.24) is 10.6 Å². The van der Waals surface area contributed by atoms with E-state index in [1.807, 2.05) is 0 Å². The van der Waals surface area contributed by atoms with Crippen LogP contribution < -0.4 is 10.6 Å². The molecule has 0 bridgehead atoms. The largest absolute Gasteiger partial charge is 0.338 e. The van der Waals surface area contributed by atoms with Crippen molar-refractivity contribution in [3.63, 3.8) is 0 Å². The van der Waals surface area contributed by atoms with E-state index < -0.39 is 0 Å². The summed E-state index contributed by atoms with van der Waals surface area (Å²) >= 11 is 0. The van der Waals surface area contributed by atoms with Gasteiger partial charge in [-0.1, -0.05) is 0 Å². The van der Waals surface area contributed by atoms with Gasteiger partial charge in [0.1, 0.15) is 0 Å². The van der Waals surface area contributed by atoms with Gasteiger partial charge in [0.2, 0.25) is 0 Å². The van der Waals surface area contributed by atoms with Gasteiger partial charge in [-0.15, -0.1) is 0 Å². The summed E-state index contributed by atoms with van der Waals surface area (Å²) in [5, 5.41) is 6.08. The molecule has 3 aliphatic rings. The molecule has 0 aromatic carbocycles. The summed E-state index contributed by atoms with van der Waals surface area (Å²) < 4.78 is 0. The van der Waals surface area contributed by atoms with E-state index in [9.17, 15) is 4.79 Å². The van der Waals surface area contributed by atoms with E-state index in [0.29, 0.717) is 11.5 Å². The summed E-state index contributed by atoms with van der Waals surface area (Å²) in [5.41, 5.74) is 0.525. The molecule has 3 saturated carbocycles. The van der Waals surface area contributed by atoms with Crippen molar-refractivity contribution in [2.45, 2.75) is 51.0 Å². The number of urea groups is 1. The van der Waals surface area contributed by atoms with Crippen molar-refractivity contribution in [2.75, 3.05) is 6.54 Å². The van der Waals surface area contributed by atoms with Crippen LogP contribution >= 0.6 is 0 Å². The molecule has 3 fully saturated rings. The van der Waals surface area contributed by atoms with Crippen LogP contribution in [0.4, 0.5) is 4.79 Å². The summed E-state index contributed by atoms with van der Waals surface area (Å²) in [6.45, 7) is 0.913. The van der Waals surface area contributed by atoms with Crippen molar-refractivity contribution in [1.29, 1.82) is 0 Å². The van der Waals surface area contributed by atoms with Crippen LogP contribution in [-0.2, 0) is 0 Å². The number of carbonyl (C=O) groups is 1. The zero-order chi connectivity index (χ0) is 10.3. The molecule has 0 aromatic heterocycles. The lowest BCUT2D eigenvalue weighted by atomic mass is 9.93. The van der Waals surface area contributed by atoms with Crippen LogP contribution in [0.5, 0.6) is 0 Å². The minimum atomic E-state index is 0.0617. The third-order valence-corrected chi connectivity index (χ3v) is 4.38. The monoisotopic (exact) mass is 208 g/mol. The minimum Gasteiger partial charge on any atom is -0.338 e. The standard InChI is InChI=1S/C12H20N2O/c15-11(14-10-2-1-3-10)13-8-12(6-7-12)9-4-5-9/h9-10H,1-8H2,(H2,13,14,15). The van der Waals surface area contributed by atoms with Crippen LogP contribution in [-0.4, -0.2) is 18.6 Å². The molecular weight excluding hydrogens is 188 g/mol. The highest BCUT2D eigenvalue weighted by molar-refractivity contribution is 5.74. The second kappa shape index (κ2) is 3.39. The van der Waals surface area contributed by atoms with Gasteiger partial charge in [0.25, 0.3) is 0 Å². The van der Waals surface area contributed by atoms with Crippen LogP contribution in [0.3, 0.4) is 0 Å². The maximum absolute atomic E-state index is 11.5. The SMILES string of the molecule is O=C(NCC1(C2CC2)CC1)NC1CCC1. The Labute approximate surface area is 91.0 Å². The molecule has 15 heavy (non-hydrogen) atoms. The lowest BCUT2D eigenvalue weighted by Gasteiger charge is -2.27. The third kappa shape index (κ3) is 1.97. The summed E-state index contributed by atoms with van der Waals surface area (Å²) in [6.07, 6.45) is 9.07. The molecule has 3 nitrogen and oxygen atoms in total. The second-order valence-electron chi connectivity index (χ2n) is 5.59. The molecule has 0 spiro atoms. The first-order chi connectivity index (χ1) is 7.28. The van der Waals surface area contributed by atoms with Crippen LogP contribution in [0.2, 0.25) is 0 Å². The van der Waals surface area contributed by atoms with Crippen molar-refractivity contribution in [3.05, 3.63) is 0 Å². The molecule has 0 saturated heterocycles. The molecule has 0 atom stereocenters. The average molecular weight is 208 g/mol. The van der Waals surface area contributed by atoms with Crippen LogP contribution in [0.15, 0.2) is 0 Å². The maximum Gasteiger partial charge on any atom is 0.315 e. The van der Waals surface area contributed by atoms with Gasteiger partial charge in [-0.2, -0.15) is 0 Å². The van der Waals surface area contributed by atoms with Gasteiger partial charge in [0.15, 0.2) is 0 Å². The Morgan fingerprint density at radius 1 is 1.20 bits per heavy atom. The molecule has 0 unspecified atom stereocenters. The van der Waals surface area contributed by atoms with E-state index in [2.05, 4.69) is 10.6 Å². The fourth-order valence-corrected chi connectivity index (χ4v) is 2.63. The molecule has 0 aliphatic heterocycles. The molecular formula is C12H20N2O. The number of hydrogen-bond donors (Lipinski definition) is 2. The Kier molecular flexibility index (Phi) is 2.15. The Balaban J connectivity index is 1.39. The van der Waals surface area contributed by atoms with Crippen molar-refractivity contribution < 1.29 is 4.79 Å². The van der Waals surface area contributed by atoms with Gasteiger partial charge in [0.05, 0.1) is 0 Å². The van der Waals surface area contributed by atoms with Crippen LogP contribution in [0.25, 0.3) is 0 Å². The number of amides is 2. The first kappa shape index (κ1) is 9.49. The zero-order valence-electron chi connectivity index (χ0n) is 9.22. The fraction of sp³-hybridized carbons (Fsp3) is 0.917. The first-order valence-electron chi connectivity index (χ1n) is 6.33. The first-order valence-corrected chi connectivity index (χ1v) is 6.33. The van der Waals surface area contributed by atoms with Gasteiger partial charge in [-0.3, -0.25) is 0 Å². The number of rotatable bonds is 4. The Bertz CT molecular complexity index is 265. The van der Waals surface area contributed by atoms with E-state index in [1.165, 1.54) is 44.9 Å². The highest BCUT2D eigenvalue weighted by atomic mass is 16.2. The van der Waals surface area contributed by atoms with E-state index in [-0.39, 0.29) is 6.03 Å². The van der Waals surface area contributed by atoms with Crippen LogP contribution in [0, 0.1) is 11.3 Å². The van der Waals surface area contributed by atoms with Gasteiger partial charge >= 0.3 is 6.03 Å². The summed E-state index contributed by atoms with van der Waals surface area (Å²) in [5.74, 6) is 0.932. The van der Waals surface area contributed by atoms with Gasteiger partial charge in [0, 0.05) is 12.6 Å². The average Bonchev–Trinajstić information content (AvgIpc) is 2.99. The van der Waals surface area contributed by atoms with Gasteiger partial charge in [-0.25, -0.2) is 4.79 Å². The normalized spacial score (nSPS) is 28.0. The number of hydrogen-bond acceptors (Lipinski definition) is 1. The summed E-state index contributed by atoms with van der Waals surface area (Å²) in [6, 6.07) is 0.521. The third-order valence-electron chi connectivity index (χ3n) is 4.38. The molecule has 3 rings (SSSR count). The molecule has 2 amide bonds. The predicted octanol–water partition coefficient (Wildman–Crippen LogP) is 2.03. The molecule has 0 aromatic rings. The smallest absolute Gasteiger partial charge is 0.315 e. The fourth-order valence-electron chi connectivity index (χ4n) is 2.63. The molecule has 3 aliphatic carbocycles. The summed E-state index contributed by atoms with van der Waals surface area (Å²) in [7, 11) is 0.